The average Bonchev–Trinajstić information content (AvgIpc) is 2.94. The van der Waals surface area contributed by atoms with Crippen LogP contribution in [-0.4, -0.2) is 46.8 Å². The molecule has 0 radical (unpaired) electrons. The number of nitrogens with one attached hydrogen (secondary N) is 2. The Kier molecular flexibility index (Phi) is 18.1. The summed E-state index contributed by atoms with van der Waals surface area (Å²) >= 11 is 0. The third kappa shape index (κ3) is 16.1. The van der Waals surface area contributed by atoms with Gasteiger partial charge in [-0.3, -0.25) is 29.8 Å². The number of hydrogen-bond acceptors (Lipinski definition) is 8. The predicted octanol–water partition coefficient (Wildman–Crippen LogP) is 4.57. The quantitative estimate of drug-likeness (QED) is 0.146. The van der Waals surface area contributed by atoms with Gasteiger partial charge >= 0.3 is 0 Å². The molecule has 2 aromatic rings. The number of benzene rings is 2. The van der Waals surface area contributed by atoms with Gasteiger partial charge in [0.05, 0.1) is 9.85 Å². The predicted molar refractivity (Wildman–Crippen MR) is 157 cm³/mol. The van der Waals surface area contributed by atoms with Crippen LogP contribution >= 0.6 is 0 Å². The Hall–Kier alpha value is -3.90. The molecule has 0 fully saturated rings. The molecule has 0 aliphatic rings. The van der Waals surface area contributed by atoms with E-state index in [0.717, 1.165) is 5.92 Å². The van der Waals surface area contributed by atoms with Crippen LogP contribution in [0.15, 0.2) is 48.5 Å². The molecule has 0 saturated carbocycles. The highest BCUT2D eigenvalue weighted by Crippen LogP contribution is 2.12. The van der Waals surface area contributed by atoms with Crippen molar-refractivity contribution in [3.8, 4) is 0 Å². The zero-order valence-corrected chi connectivity index (χ0v) is 24.1. The number of amides is 2. The number of hydrogen-bond donors (Lipinski definition) is 4. The number of nitrogens with two attached hydrogens (primary N) is 2. The van der Waals surface area contributed by atoms with Crippen LogP contribution in [0.4, 0.5) is 11.4 Å². The van der Waals surface area contributed by atoms with Gasteiger partial charge in [-0.25, -0.2) is 0 Å². The Labute approximate surface area is 236 Å². The fourth-order valence-corrected chi connectivity index (χ4v) is 3.09. The molecule has 0 aromatic heterocycles. The molecule has 0 aliphatic carbocycles. The SMILES string of the molecule is CCC(C)NCCCC(C)CNC(C)CC.NC(=O)c1ccc([N+](=O)[O-])cc1.NC(=O)c1ccc([N+](=O)[O-])cc1. The molecule has 2 aromatic carbocycles. The van der Waals surface area contributed by atoms with Crippen LogP contribution in [0.5, 0.6) is 0 Å². The van der Waals surface area contributed by atoms with Gasteiger partial charge in [0.15, 0.2) is 0 Å². The summed E-state index contributed by atoms with van der Waals surface area (Å²) in [4.78, 5) is 40.3. The minimum absolute atomic E-state index is 0.0556. The number of nitrogens with zero attached hydrogens (tertiary/aromatic N) is 2. The molecule has 0 spiro atoms. The third-order valence-corrected chi connectivity index (χ3v) is 6.13. The van der Waals surface area contributed by atoms with E-state index in [1.165, 1.54) is 87.3 Å². The summed E-state index contributed by atoms with van der Waals surface area (Å²) in [5, 5.41) is 27.5. The van der Waals surface area contributed by atoms with Crippen molar-refractivity contribution in [3.63, 3.8) is 0 Å². The van der Waals surface area contributed by atoms with Crippen molar-refractivity contribution in [1.29, 1.82) is 0 Å². The molecule has 12 nitrogen and oxygen atoms in total. The molecule has 0 bridgehead atoms. The molecule has 2 amide bonds. The lowest BCUT2D eigenvalue weighted by Crippen LogP contribution is -2.30. The van der Waals surface area contributed by atoms with Crippen molar-refractivity contribution in [2.24, 2.45) is 17.4 Å². The summed E-state index contributed by atoms with van der Waals surface area (Å²) in [6, 6.07) is 11.6. The molecular weight excluding hydrogens is 516 g/mol. The molecule has 40 heavy (non-hydrogen) atoms. The maximum absolute atomic E-state index is 10.5. The van der Waals surface area contributed by atoms with Crippen molar-refractivity contribution in [2.75, 3.05) is 13.1 Å². The van der Waals surface area contributed by atoms with Crippen molar-refractivity contribution in [2.45, 2.75) is 72.4 Å². The van der Waals surface area contributed by atoms with Crippen molar-refractivity contribution >= 4 is 23.2 Å². The number of primary amides is 2. The summed E-state index contributed by atoms with van der Waals surface area (Å²) in [6.07, 6.45) is 5.08. The lowest BCUT2D eigenvalue weighted by Gasteiger charge is -2.17. The fourth-order valence-electron chi connectivity index (χ4n) is 3.09. The second-order valence-corrected chi connectivity index (χ2v) is 9.56. The van der Waals surface area contributed by atoms with Gasteiger partial charge in [0, 0.05) is 47.5 Å². The summed E-state index contributed by atoms with van der Waals surface area (Å²) in [5.74, 6) is -0.387. The van der Waals surface area contributed by atoms with E-state index in [0.29, 0.717) is 12.1 Å². The van der Waals surface area contributed by atoms with Gasteiger partial charge < -0.3 is 22.1 Å². The van der Waals surface area contributed by atoms with Crippen molar-refractivity contribution < 1.29 is 19.4 Å². The highest BCUT2D eigenvalue weighted by atomic mass is 16.6. The Balaban J connectivity index is 0.000000578. The molecule has 2 rings (SSSR count). The summed E-state index contributed by atoms with van der Waals surface area (Å²) < 4.78 is 0. The van der Waals surface area contributed by atoms with Crippen molar-refractivity contribution in [1.82, 2.24) is 10.6 Å². The first-order valence-electron chi connectivity index (χ1n) is 13.4. The van der Waals surface area contributed by atoms with Gasteiger partial charge in [0.2, 0.25) is 11.8 Å². The maximum Gasteiger partial charge on any atom is 0.269 e. The second-order valence-electron chi connectivity index (χ2n) is 9.56. The van der Waals surface area contributed by atoms with Crippen molar-refractivity contribution in [3.05, 3.63) is 79.9 Å². The first-order chi connectivity index (χ1) is 18.8. The van der Waals surface area contributed by atoms with E-state index in [-0.39, 0.29) is 22.5 Å². The normalized spacial score (nSPS) is 12.4. The van der Waals surface area contributed by atoms with Crippen LogP contribution in [0, 0.1) is 26.1 Å². The molecule has 0 heterocycles. The van der Waals surface area contributed by atoms with Crippen LogP contribution < -0.4 is 22.1 Å². The number of rotatable bonds is 14. The highest BCUT2D eigenvalue weighted by Gasteiger charge is 2.07. The Morgan fingerprint density at radius 3 is 1.45 bits per heavy atom. The maximum atomic E-state index is 10.5. The fraction of sp³-hybridized carbons (Fsp3) is 0.500. The number of nitro groups is 2. The Morgan fingerprint density at radius 1 is 0.750 bits per heavy atom. The lowest BCUT2D eigenvalue weighted by molar-refractivity contribution is -0.385. The minimum Gasteiger partial charge on any atom is -0.366 e. The lowest BCUT2D eigenvalue weighted by atomic mass is 10.0. The minimum atomic E-state index is -0.593. The van der Waals surface area contributed by atoms with Gasteiger partial charge in [-0.1, -0.05) is 20.8 Å². The summed E-state index contributed by atoms with van der Waals surface area (Å²) in [5.41, 5.74) is 10.3. The van der Waals surface area contributed by atoms with Crippen LogP contribution in [0.25, 0.3) is 0 Å². The molecule has 3 unspecified atom stereocenters. The number of nitro benzene ring substituents is 2. The second kappa shape index (κ2) is 20.1. The van der Waals surface area contributed by atoms with Gasteiger partial charge in [-0.2, -0.15) is 0 Å². The zero-order valence-electron chi connectivity index (χ0n) is 24.1. The largest absolute Gasteiger partial charge is 0.366 e. The highest BCUT2D eigenvalue weighted by molar-refractivity contribution is 5.93. The summed E-state index contributed by atoms with van der Waals surface area (Å²) in [7, 11) is 0. The van der Waals surface area contributed by atoms with Crippen LogP contribution in [0.1, 0.15) is 81.0 Å². The Bertz CT molecular complexity index is 913. The molecule has 222 valence electrons. The van der Waals surface area contributed by atoms with E-state index >= 15 is 0 Å². The molecule has 6 N–H and O–H groups in total. The van der Waals surface area contributed by atoms with Gasteiger partial charge in [-0.15, -0.1) is 0 Å². The molecule has 0 saturated heterocycles. The van der Waals surface area contributed by atoms with E-state index < -0.39 is 21.7 Å². The number of non-ortho nitro benzene ring substituents is 2. The monoisotopic (exact) mass is 560 g/mol. The molecular formula is C28H44N6O6. The standard InChI is InChI=1S/C14H32N2.2C7H6N2O3/c1-6-13(4)15-10-8-9-12(3)11-16-14(5)7-2;2*8-7(10)5-1-3-6(4-2-5)9(11)12/h12-16H,6-11H2,1-5H3;2*1-4H,(H2,8,10). The van der Waals surface area contributed by atoms with Gasteiger partial charge in [-0.05, 0) is 82.8 Å². The van der Waals surface area contributed by atoms with E-state index in [9.17, 15) is 29.8 Å². The smallest absolute Gasteiger partial charge is 0.269 e. The Morgan fingerprint density at radius 2 is 1.12 bits per heavy atom. The van der Waals surface area contributed by atoms with E-state index in [2.05, 4.69) is 45.3 Å². The van der Waals surface area contributed by atoms with E-state index in [1.807, 2.05) is 0 Å². The van der Waals surface area contributed by atoms with Crippen LogP contribution in [0.3, 0.4) is 0 Å². The van der Waals surface area contributed by atoms with Crippen LogP contribution in [-0.2, 0) is 0 Å². The summed E-state index contributed by atoms with van der Waals surface area (Å²) in [6.45, 7) is 13.7. The topological polar surface area (TPSA) is 197 Å². The number of carbonyl (C=O) groups excluding carboxylic acids is 2. The first-order valence-corrected chi connectivity index (χ1v) is 13.4. The number of carbonyl (C=O) groups is 2. The average molecular weight is 561 g/mol. The third-order valence-electron chi connectivity index (χ3n) is 6.13. The van der Waals surface area contributed by atoms with Crippen LogP contribution in [0.2, 0.25) is 0 Å². The first kappa shape index (κ1) is 36.1. The van der Waals surface area contributed by atoms with Gasteiger partial charge in [0.25, 0.3) is 11.4 Å². The zero-order chi connectivity index (χ0) is 30.7. The van der Waals surface area contributed by atoms with E-state index in [1.54, 1.807) is 0 Å². The van der Waals surface area contributed by atoms with Gasteiger partial charge in [0.1, 0.15) is 0 Å². The molecule has 3 atom stereocenters. The van der Waals surface area contributed by atoms with E-state index in [4.69, 9.17) is 11.5 Å². The molecule has 12 heteroatoms. The molecule has 0 aliphatic heterocycles.